The lowest BCUT2D eigenvalue weighted by molar-refractivity contribution is 0.0590. The van der Waals surface area contributed by atoms with Crippen molar-refractivity contribution in [3.8, 4) is 0 Å². The molecule has 0 heterocycles. The van der Waals surface area contributed by atoms with Crippen LogP contribution >= 0.6 is 0 Å². The first-order valence-electron chi connectivity index (χ1n) is 5.82. The Kier molecular flexibility index (Phi) is 7.20. The van der Waals surface area contributed by atoms with Gasteiger partial charge in [0.15, 0.2) is 0 Å². The van der Waals surface area contributed by atoms with Crippen molar-refractivity contribution >= 4 is 0 Å². The monoisotopic (exact) mass is 201 g/mol. The van der Waals surface area contributed by atoms with Gasteiger partial charge in [0.05, 0.1) is 6.10 Å². The summed E-state index contributed by atoms with van der Waals surface area (Å²) in [6, 6.07) is 0. The third-order valence-electron chi connectivity index (χ3n) is 2.07. The molecular formula is C12H27NO. The predicted octanol–water partition coefficient (Wildman–Crippen LogP) is 2.97. The lowest BCUT2D eigenvalue weighted by Crippen LogP contribution is -2.40. The molecule has 0 aromatic carbocycles. The van der Waals surface area contributed by atoms with Gasteiger partial charge >= 0.3 is 0 Å². The minimum atomic E-state index is 0.195. The topological polar surface area (TPSA) is 21.3 Å². The predicted molar refractivity (Wildman–Crippen MR) is 62.7 cm³/mol. The number of ether oxygens (including phenoxy) is 1. The van der Waals surface area contributed by atoms with E-state index < -0.39 is 0 Å². The maximum absolute atomic E-state index is 5.68. The van der Waals surface area contributed by atoms with Crippen molar-refractivity contribution in [3.05, 3.63) is 0 Å². The summed E-state index contributed by atoms with van der Waals surface area (Å²) >= 11 is 0. The van der Waals surface area contributed by atoms with Crippen molar-refractivity contribution in [2.24, 2.45) is 0 Å². The van der Waals surface area contributed by atoms with Crippen molar-refractivity contribution in [1.82, 2.24) is 5.32 Å². The minimum Gasteiger partial charge on any atom is -0.377 e. The number of unbranched alkanes of at least 4 members (excludes halogenated alkanes) is 2. The second-order valence-electron chi connectivity index (χ2n) is 5.02. The van der Waals surface area contributed by atoms with Gasteiger partial charge in [0.25, 0.3) is 0 Å². The molecule has 0 aliphatic heterocycles. The standard InChI is InChI=1S/C12H27NO/c1-6-7-8-9-14-11(2)10-13-12(3,4)5/h11,13H,6-10H2,1-5H3. The molecule has 2 heteroatoms. The summed E-state index contributed by atoms with van der Waals surface area (Å²) in [7, 11) is 0. The maximum atomic E-state index is 5.68. The van der Waals surface area contributed by atoms with E-state index in [1.54, 1.807) is 0 Å². The Labute approximate surface area is 89.4 Å². The van der Waals surface area contributed by atoms with Crippen molar-refractivity contribution in [1.29, 1.82) is 0 Å². The fraction of sp³-hybridized carbons (Fsp3) is 1.00. The van der Waals surface area contributed by atoms with E-state index in [2.05, 4.69) is 39.9 Å². The van der Waals surface area contributed by atoms with Crippen molar-refractivity contribution in [2.75, 3.05) is 13.2 Å². The zero-order valence-electron chi connectivity index (χ0n) is 10.5. The summed E-state index contributed by atoms with van der Waals surface area (Å²) in [5, 5.41) is 3.44. The van der Waals surface area contributed by atoms with E-state index in [-0.39, 0.29) is 5.54 Å². The SMILES string of the molecule is CCCCCOC(C)CNC(C)(C)C. The molecule has 0 spiro atoms. The summed E-state index contributed by atoms with van der Waals surface area (Å²) in [6.45, 7) is 12.7. The van der Waals surface area contributed by atoms with Gasteiger partial charge in [0.2, 0.25) is 0 Å². The third kappa shape index (κ3) is 10.0. The van der Waals surface area contributed by atoms with Crippen LogP contribution in [-0.2, 0) is 4.74 Å². The molecule has 86 valence electrons. The maximum Gasteiger partial charge on any atom is 0.0671 e. The van der Waals surface area contributed by atoms with E-state index in [0.29, 0.717) is 6.10 Å². The Balaban J connectivity index is 3.32. The first kappa shape index (κ1) is 13.9. The van der Waals surface area contributed by atoms with Gasteiger partial charge in [-0.25, -0.2) is 0 Å². The van der Waals surface area contributed by atoms with Crippen LogP contribution in [0.3, 0.4) is 0 Å². The Hall–Kier alpha value is -0.0800. The van der Waals surface area contributed by atoms with Gasteiger partial charge in [0.1, 0.15) is 0 Å². The summed E-state index contributed by atoms with van der Waals surface area (Å²) in [6.07, 6.45) is 4.05. The molecule has 0 saturated heterocycles. The van der Waals surface area contributed by atoms with Crippen LogP contribution in [0.1, 0.15) is 53.9 Å². The fourth-order valence-electron chi connectivity index (χ4n) is 1.15. The molecular weight excluding hydrogens is 174 g/mol. The third-order valence-corrected chi connectivity index (χ3v) is 2.07. The van der Waals surface area contributed by atoms with Crippen LogP contribution in [0.15, 0.2) is 0 Å². The van der Waals surface area contributed by atoms with Crippen LogP contribution in [0, 0.1) is 0 Å². The summed E-state index contributed by atoms with van der Waals surface area (Å²) in [5.74, 6) is 0. The Morgan fingerprint density at radius 3 is 2.36 bits per heavy atom. The Morgan fingerprint density at radius 2 is 1.86 bits per heavy atom. The average Bonchev–Trinajstić information content (AvgIpc) is 2.08. The van der Waals surface area contributed by atoms with Gasteiger partial charge in [-0.3, -0.25) is 0 Å². The van der Waals surface area contributed by atoms with Crippen LogP contribution in [0.5, 0.6) is 0 Å². The molecule has 0 bridgehead atoms. The largest absolute Gasteiger partial charge is 0.377 e. The van der Waals surface area contributed by atoms with Gasteiger partial charge < -0.3 is 10.1 Å². The zero-order valence-corrected chi connectivity index (χ0v) is 10.5. The van der Waals surface area contributed by atoms with Gasteiger partial charge in [0, 0.05) is 18.7 Å². The van der Waals surface area contributed by atoms with Crippen LogP contribution in [-0.4, -0.2) is 24.8 Å². The molecule has 0 rings (SSSR count). The highest BCUT2D eigenvalue weighted by Gasteiger charge is 2.10. The highest BCUT2D eigenvalue weighted by molar-refractivity contribution is 4.71. The number of hydrogen-bond acceptors (Lipinski definition) is 2. The molecule has 1 N–H and O–H groups in total. The first-order chi connectivity index (χ1) is 6.45. The van der Waals surface area contributed by atoms with Crippen molar-refractivity contribution < 1.29 is 4.74 Å². The van der Waals surface area contributed by atoms with E-state index >= 15 is 0 Å². The van der Waals surface area contributed by atoms with Crippen LogP contribution in [0.25, 0.3) is 0 Å². The van der Waals surface area contributed by atoms with E-state index in [4.69, 9.17) is 4.74 Å². The summed E-state index contributed by atoms with van der Waals surface area (Å²) in [5.41, 5.74) is 0.195. The van der Waals surface area contributed by atoms with E-state index in [1.807, 2.05) is 0 Å². The van der Waals surface area contributed by atoms with Crippen LogP contribution in [0.4, 0.5) is 0 Å². The smallest absolute Gasteiger partial charge is 0.0671 e. The van der Waals surface area contributed by atoms with Gasteiger partial charge in [-0.1, -0.05) is 19.8 Å². The molecule has 0 aliphatic rings. The van der Waals surface area contributed by atoms with Crippen LogP contribution in [0.2, 0.25) is 0 Å². The van der Waals surface area contributed by atoms with Gasteiger partial charge in [-0.2, -0.15) is 0 Å². The zero-order chi connectivity index (χ0) is 11.0. The average molecular weight is 201 g/mol. The summed E-state index contributed by atoms with van der Waals surface area (Å²) < 4.78 is 5.68. The Bertz CT molecular complexity index is 129. The molecule has 0 aliphatic carbocycles. The number of nitrogens with one attached hydrogen (secondary N) is 1. The molecule has 14 heavy (non-hydrogen) atoms. The minimum absolute atomic E-state index is 0.195. The quantitative estimate of drug-likeness (QED) is 0.639. The van der Waals surface area contributed by atoms with E-state index in [1.165, 1.54) is 19.3 Å². The lowest BCUT2D eigenvalue weighted by Gasteiger charge is -2.23. The second kappa shape index (κ2) is 7.24. The van der Waals surface area contributed by atoms with Crippen molar-refractivity contribution in [2.45, 2.75) is 65.5 Å². The van der Waals surface area contributed by atoms with Crippen LogP contribution < -0.4 is 5.32 Å². The summed E-state index contributed by atoms with van der Waals surface area (Å²) in [4.78, 5) is 0. The molecule has 1 unspecified atom stereocenters. The molecule has 0 saturated carbocycles. The second-order valence-corrected chi connectivity index (χ2v) is 5.02. The van der Waals surface area contributed by atoms with E-state index in [0.717, 1.165) is 13.2 Å². The molecule has 0 aromatic heterocycles. The molecule has 2 nitrogen and oxygen atoms in total. The number of hydrogen-bond donors (Lipinski definition) is 1. The van der Waals surface area contributed by atoms with Crippen molar-refractivity contribution in [3.63, 3.8) is 0 Å². The first-order valence-corrected chi connectivity index (χ1v) is 5.82. The van der Waals surface area contributed by atoms with Gasteiger partial charge in [-0.15, -0.1) is 0 Å². The number of rotatable bonds is 7. The molecule has 0 aromatic rings. The molecule has 0 fully saturated rings. The Morgan fingerprint density at radius 1 is 1.21 bits per heavy atom. The molecule has 1 atom stereocenters. The normalized spacial score (nSPS) is 14.4. The fourth-order valence-corrected chi connectivity index (χ4v) is 1.15. The van der Waals surface area contributed by atoms with E-state index in [9.17, 15) is 0 Å². The van der Waals surface area contributed by atoms with Gasteiger partial charge in [-0.05, 0) is 34.1 Å². The molecule has 0 amide bonds. The highest BCUT2D eigenvalue weighted by Crippen LogP contribution is 2.01. The molecule has 0 radical (unpaired) electrons. The lowest BCUT2D eigenvalue weighted by atomic mass is 10.1. The highest BCUT2D eigenvalue weighted by atomic mass is 16.5.